The van der Waals surface area contributed by atoms with Gasteiger partial charge >= 0.3 is 0 Å². The van der Waals surface area contributed by atoms with Gasteiger partial charge in [0, 0.05) is 38.4 Å². The fraction of sp³-hybridized carbons (Fsp3) is 0.789. The summed E-state index contributed by atoms with van der Waals surface area (Å²) in [6, 6.07) is 2.14. The van der Waals surface area contributed by atoms with Crippen molar-refractivity contribution in [2.45, 2.75) is 65.8 Å². The van der Waals surface area contributed by atoms with Crippen molar-refractivity contribution in [3.63, 3.8) is 0 Å². The number of likely N-dealkylation sites (tertiary alicyclic amines) is 1. The van der Waals surface area contributed by atoms with Gasteiger partial charge in [-0.3, -0.25) is 9.67 Å². The number of guanidine groups is 1. The number of aliphatic imine (C=N–C) groups is 1. The molecule has 0 bridgehead atoms. The summed E-state index contributed by atoms with van der Waals surface area (Å²) < 4.78 is 2.10. The summed E-state index contributed by atoms with van der Waals surface area (Å²) in [5, 5.41) is 8.03. The molecule has 134 valence electrons. The lowest BCUT2D eigenvalue weighted by Gasteiger charge is -2.26. The number of nitrogens with zero attached hydrogens (tertiary/aromatic N) is 4. The smallest absolute Gasteiger partial charge is 0.193 e. The van der Waals surface area contributed by atoms with Crippen molar-refractivity contribution in [3.8, 4) is 0 Å². The van der Waals surface area contributed by atoms with Crippen LogP contribution in [0.1, 0.15) is 56.8 Å². The van der Waals surface area contributed by atoms with E-state index in [9.17, 15) is 0 Å². The van der Waals surface area contributed by atoms with E-state index in [-0.39, 0.29) is 0 Å². The van der Waals surface area contributed by atoms with E-state index in [0.29, 0.717) is 5.41 Å². The van der Waals surface area contributed by atoms with Crippen LogP contribution < -0.4 is 5.32 Å². The molecule has 0 unspecified atom stereocenters. The highest BCUT2D eigenvalue weighted by atomic mass is 15.3. The SMILES string of the molecule is CCNC(=NCCCn1nc(C)cc1C)N1CCC2(CCCC2)C1. The Labute approximate surface area is 146 Å². The van der Waals surface area contributed by atoms with Crippen LogP contribution in [0.25, 0.3) is 0 Å². The minimum absolute atomic E-state index is 0.597. The standard InChI is InChI=1S/C19H33N5/c1-4-20-18(23-13-10-19(15-23)8-5-6-9-19)21-11-7-12-24-17(3)14-16(2)22-24/h14H,4-13,15H2,1-3H3,(H,20,21). The molecule has 1 aromatic heterocycles. The third kappa shape index (κ3) is 3.93. The molecule has 2 aliphatic rings. The fourth-order valence-electron chi connectivity index (χ4n) is 4.38. The fourth-order valence-corrected chi connectivity index (χ4v) is 4.38. The zero-order valence-electron chi connectivity index (χ0n) is 15.6. The average Bonchev–Trinajstić information content (AvgIpc) is 3.26. The van der Waals surface area contributed by atoms with Gasteiger partial charge in [-0.1, -0.05) is 12.8 Å². The number of aromatic nitrogens is 2. The van der Waals surface area contributed by atoms with E-state index >= 15 is 0 Å². The summed E-state index contributed by atoms with van der Waals surface area (Å²) in [7, 11) is 0. The van der Waals surface area contributed by atoms with E-state index < -0.39 is 0 Å². The first kappa shape index (κ1) is 17.3. The average molecular weight is 332 g/mol. The zero-order chi connectivity index (χ0) is 17.0. The molecule has 24 heavy (non-hydrogen) atoms. The first-order valence-corrected chi connectivity index (χ1v) is 9.66. The second-order valence-electron chi connectivity index (χ2n) is 7.62. The van der Waals surface area contributed by atoms with Gasteiger partial charge in [-0.2, -0.15) is 5.10 Å². The summed E-state index contributed by atoms with van der Waals surface area (Å²) in [6.45, 7) is 11.5. The lowest BCUT2D eigenvalue weighted by atomic mass is 9.86. The van der Waals surface area contributed by atoms with Gasteiger partial charge in [0.05, 0.1) is 5.69 Å². The van der Waals surface area contributed by atoms with E-state index in [1.807, 2.05) is 0 Å². The molecular formula is C19H33N5. The summed E-state index contributed by atoms with van der Waals surface area (Å²) >= 11 is 0. The zero-order valence-corrected chi connectivity index (χ0v) is 15.6. The maximum absolute atomic E-state index is 4.89. The Bertz CT molecular complexity index is 568. The number of nitrogens with one attached hydrogen (secondary N) is 1. The summed E-state index contributed by atoms with van der Waals surface area (Å²) in [5.41, 5.74) is 2.94. The maximum atomic E-state index is 4.89. The normalized spacial score (nSPS) is 20.3. The third-order valence-electron chi connectivity index (χ3n) is 5.63. The Morgan fingerprint density at radius 2 is 2.08 bits per heavy atom. The van der Waals surface area contributed by atoms with Crippen LogP contribution in [0.4, 0.5) is 0 Å². The third-order valence-corrected chi connectivity index (χ3v) is 5.63. The lowest BCUT2D eigenvalue weighted by Crippen LogP contribution is -2.41. The van der Waals surface area contributed by atoms with E-state index in [1.54, 1.807) is 0 Å². The van der Waals surface area contributed by atoms with Crippen molar-refractivity contribution in [1.29, 1.82) is 0 Å². The summed E-state index contributed by atoms with van der Waals surface area (Å²) in [5.74, 6) is 1.12. The number of rotatable bonds is 5. The second-order valence-corrected chi connectivity index (χ2v) is 7.62. The van der Waals surface area contributed by atoms with E-state index in [1.165, 1.54) is 50.9 Å². The molecule has 5 heteroatoms. The van der Waals surface area contributed by atoms with Crippen LogP contribution in [0.2, 0.25) is 0 Å². The largest absolute Gasteiger partial charge is 0.357 e. The van der Waals surface area contributed by atoms with Gasteiger partial charge in [0.2, 0.25) is 0 Å². The predicted molar refractivity (Wildman–Crippen MR) is 99.4 cm³/mol. The van der Waals surface area contributed by atoms with Gasteiger partial charge in [0.25, 0.3) is 0 Å². The van der Waals surface area contributed by atoms with Gasteiger partial charge in [0.1, 0.15) is 0 Å². The molecule has 1 N–H and O–H groups in total. The molecular weight excluding hydrogens is 298 g/mol. The quantitative estimate of drug-likeness (QED) is 0.512. The Hall–Kier alpha value is -1.52. The van der Waals surface area contributed by atoms with Crippen LogP contribution in [0.3, 0.4) is 0 Å². The molecule has 1 spiro atoms. The topological polar surface area (TPSA) is 45.5 Å². The molecule has 0 radical (unpaired) electrons. The summed E-state index contributed by atoms with van der Waals surface area (Å²) in [4.78, 5) is 7.39. The summed E-state index contributed by atoms with van der Waals surface area (Å²) in [6.07, 6.45) is 8.06. The number of hydrogen-bond acceptors (Lipinski definition) is 2. The Kier molecular flexibility index (Phi) is 5.47. The Balaban J connectivity index is 1.53. The first-order chi connectivity index (χ1) is 11.6. The van der Waals surface area contributed by atoms with Gasteiger partial charge in [-0.05, 0) is 57.9 Å². The van der Waals surface area contributed by atoms with E-state index in [4.69, 9.17) is 4.99 Å². The molecule has 1 saturated heterocycles. The molecule has 1 aliphatic carbocycles. The van der Waals surface area contributed by atoms with Gasteiger partial charge in [0.15, 0.2) is 5.96 Å². The van der Waals surface area contributed by atoms with Crippen molar-refractivity contribution < 1.29 is 0 Å². The molecule has 0 aromatic carbocycles. The van der Waals surface area contributed by atoms with Gasteiger partial charge in [-0.15, -0.1) is 0 Å². The molecule has 2 heterocycles. The monoisotopic (exact) mass is 331 g/mol. The van der Waals surface area contributed by atoms with Crippen molar-refractivity contribution in [3.05, 3.63) is 17.5 Å². The van der Waals surface area contributed by atoms with Crippen LogP contribution in [-0.2, 0) is 6.54 Å². The van der Waals surface area contributed by atoms with Crippen LogP contribution in [0.15, 0.2) is 11.1 Å². The first-order valence-electron chi connectivity index (χ1n) is 9.66. The minimum Gasteiger partial charge on any atom is -0.357 e. The highest BCUT2D eigenvalue weighted by Gasteiger charge is 2.41. The van der Waals surface area contributed by atoms with E-state index in [2.05, 4.69) is 46.8 Å². The molecule has 2 fully saturated rings. The molecule has 3 rings (SSSR count). The highest BCUT2D eigenvalue weighted by Crippen LogP contribution is 2.45. The minimum atomic E-state index is 0.597. The highest BCUT2D eigenvalue weighted by molar-refractivity contribution is 5.80. The van der Waals surface area contributed by atoms with Crippen LogP contribution >= 0.6 is 0 Å². The lowest BCUT2D eigenvalue weighted by molar-refractivity contribution is 0.309. The predicted octanol–water partition coefficient (Wildman–Crippen LogP) is 3.12. The van der Waals surface area contributed by atoms with Crippen molar-refractivity contribution in [2.75, 3.05) is 26.2 Å². The molecule has 0 amide bonds. The molecule has 1 aromatic rings. The number of aryl methyl sites for hydroxylation is 3. The van der Waals surface area contributed by atoms with Gasteiger partial charge in [-0.25, -0.2) is 0 Å². The molecule has 1 saturated carbocycles. The molecule has 1 aliphatic heterocycles. The Morgan fingerprint density at radius 1 is 1.29 bits per heavy atom. The maximum Gasteiger partial charge on any atom is 0.193 e. The van der Waals surface area contributed by atoms with Crippen molar-refractivity contribution >= 4 is 5.96 Å². The van der Waals surface area contributed by atoms with Crippen LogP contribution in [0.5, 0.6) is 0 Å². The van der Waals surface area contributed by atoms with Crippen molar-refractivity contribution in [1.82, 2.24) is 20.0 Å². The Morgan fingerprint density at radius 3 is 2.75 bits per heavy atom. The second kappa shape index (κ2) is 7.58. The van der Waals surface area contributed by atoms with Crippen LogP contribution in [0, 0.1) is 19.3 Å². The molecule has 5 nitrogen and oxygen atoms in total. The van der Waals surface area contributed by atoms with E-state index in [0.717, 1.165) is 37.7 Å². The van der Waals surface area contributed by atoms with Crippen molar-refractivity contribution in [2.24, 2.45) is 10.4 Å². The van der Waals surface area contributed by atoms with Gasteiger partial charge < -0.3 is 10.2 Å². The number of hydrogen-bond donors (Lipinski definition) is 1. The van der Waals surface area contributed by atoms with Crippen LogP contribution in [-0.4, -0.2) is 46.8 Å². The molecule has 0 atom stereocenters.